The van der Waals surface area contributed by atoms with Crippen LogP contribution in [0.4, 0.5) is 5.69 Å². The molecule has 0 amide bonds. The van der Waals surface area contributed by atoms with E-state index in [1.807, 2.05) is 0 Å². The number of para-hydroxylation sites is 1. The molecule has 0 saturated heterocycles. The van der Waals surface area contributed by atoms with Crippen molar-refractivity contribution in [3.8, 4) is 17.0 Å². The van der Waals surface area contributed by atoms with Crippen LogP contribution in [0.3, 0.4) is 0 Å². The number of benzene rings is 1. The van der Waals surface area contributed by atoms with Gasteiger partial charge in [-0.05, 0) is 18.2 Å². The van der Waals surface area contributed by atoms with E-state index in [1.54, 1.807) is 6.07 Å². The van der Waals surface area contributed by atoms with Crippen LogP contribution < -0.4 is 4.74 Å². The van der Waals surface area contributed by atoms with Crippen molar-refractivity contribution in [2.24, 2.45) is 0 Å². The van der Waals surface area contributed by atoms with Gasteiger partial charge in [0, 0.05) is 23.9 Å². The summed E-state index contributed by atoms with van der Waals surface area (Å²) in [5.74, 6) is -0.789. The molecule has 4 rings (SSSR count). The van der Waals surface area contributed by atoms with E-state index in [1.165, 1.54) is 49.7 Å². The molecule has 2 aromatic heterocycles. The number of rotatable bonds is 3. The summed E-state index contributed by atoms with van der Waals surface area (Å²) in [6.07, 6.45) is 1.35. The van der Waals surface area contributed by atoms with Crippen LogP contribution in [0.5, 0.6) is 5.88 Å². The number of pyridine rings is 2. The summed E-state index contributed by atoms with van der Waals surface area (Å²) in [4.78, 5) is 44.9. The number of nitrogens with zero attached hydrogens (tertiary/aromatic N) is 3. The van der Waals surface area contributed by atoms with E-state index in [-0.39, 0.29) is 45.2 Å². The van der Waals surface area contributed by atoms with Crippen molar-refractivity contribution >= 4 is 17.3 Å². The van der Waals surface area contributed by atoms with Gasteiger partial charge in [-0.3, -0.25) is 24.7 Å². The molecule has 1 aliphatic carbocycles. The third kappa shape index (κ3) is 2.46. The molecule has 0 unspecified atom stereocenters. The first-order valence-corrected chi connectivity index (χ1v) is 7.90. The number of ketones is 2. The standard InChI is InChI=1S/C19H11N3O5/c1-27-14-7-6-12-16(21-14)19(24)17-15(18(12)23)11(8-9-20-17)10-4-2-3-5-13(10)22(25)26/h2-9H,1H3. The highest BCUT2D eigenvalue weighted by atomic mass is 16.6. The van der Waals surface area contributed by atoms with E-state index in [2.05, 4.69) is 9.97 Å². The van der Waals surface area contributed by atoms with E-state index in [9.17, 15) is 19.7 Å². The Hall–Kier alpha value is -3.94. The van der Waals surface area contributed by atoms with Gasteiger partial charge >= 0.3 is 0 Å². The lowest BCUT2D eigenvalue weighted by Crippen LogP contribution is -2.24. The van der Waals surface area contributed by atoms with E-state index >= 15 is 0 Å². The number of nitro benzene ring substituents is 1. The van der Waals surface area contributed by atoms with E-state index in [4.69, 9.17) is 4.74 Å². The normalized spacial score (nSPS) is 12.3. The second kappa shape index (κ2) is 6.10. The minimum Gasteiger partial charge on any atom is -0.481 e. The molecular formula is C19H11N3O5. The molecule has 2 heterocycles. The zero-order valence-corrected chi connectivity index (χ0v) is 14.0. The lowest BCUT2D eigenvalue weighted by Gasteiger charge is -2.19. The van der Waals surface area contributed by atoms with Gasteiger partial charge in [-0.25, -0.2) is 4.98 Å². The monoisotopic (exact) mass is 361 g/mol. The zero-order valence-electron chi connectivity index (χ0n) is 14.0. The van der Waals surface area contributed by atoms with Gasteiger partial charge in [-0.15, -0.1) is 0 Å². The fourth-order valence-corrected chi connectivity index (χ4v) is 3.11. The Morgan fingerprint density at radius 3 is 2.44 bits per heavy atom. The van der Waals surface area contributed by atoms with E-state index in [0.29, 0.717) is 0 Å². The number of methoxy groups -OCH3 is 1. The average molecular weight is 361 g/mol. The Balaban J connectivity index is 1.99. The van der Waals surface area contributed by atoms with Crippen LogP contribution in [0.2, 0.25) is 0 Å². The summed E-state index contributed by atoms with van der Waals surface area (Å²) in [7, 11) is 1.41. The molecular weight excluding hydrogens is 350 g/mol. The Labute approximate surface area is 152 Å². The molecule has 0 saturated carbocycles. The molecule has 8 nitrogen and oxygen atoms in total. The molecule has 27 heavy (non-hydrogen) atoms. The lowest BCUT2D eigenvalue weighted by molar-refractivity contribution is -0.384. The Morgan fingerprint density at radius 1 is 0.926 bits per heavy atom. The predicted octanol–water partition coefficient (Wildman–Crippen LogP) is 2.84. The number of carbonyl (C=O) groups is 2. The van der Waals surface area contributed by atoms with Crippen molar-refractivity contribution < 1.29 is 19.2 Å². The Kier molecular flexibility index (Phi) is 3.73. The summed E-state index contributed by atoms with van der Waals surface area (Å²) in [6, 6.07) is 10.5. The molecule has 132 valence electrons. The molecule has 0 bridgehead atoms. The quantitative estimate of drug-likeness (QED) is 0.407. The van der Waals surface area contributed by atoms with Gasteiger partial charge in [0.2, 0.25) is 11.7 Å². The number of hydrogen-bond acceptors (Lipinski definition) is 7. The largest absolute Gasteiger partial charge is 0.481 e. The Morgan fingerprint density at radius 2 is 1.70 bits per heavy atom. The maximum Gasteiger partial charge on any atom is 0.277 e. The van der Waals surface area contributed by atoms with Crippen molar-refractivity contribution in [1.82, 2.24) is 9.97 Å². The van der Waals surface area contributed by atoms with Crippen LogP contribution in [0.25, 0.3) is 11.1 Å². The van der Waals surface area contributed by atoms with Crippen molar-refractivity contribution in [2.75, 3.05) is 7.11 Å². The number of carbonyl (C=O) groups excluding carboxylic acids is 2. The minimum atomic E-state index is -0.530. The lowest BCUT2D eigenvalue weighted by atomic mass is 9.85. The SMILES string of the molecule is COc1ccc2c(n1)C(=O)c1nccc(-c3ccccc3[N+](=O)[O-])c1C2=O. The second-order valence-electron chi connectivity index (χ2n) is 5.76. The van der Waals surface area contributed by atoms with Crippen LogP contribution in [-0.4, -0.2) is 33.6 Å². The molecule has 1 aliphatic rings. The summed E-state index contributed by atoms with van der Waals surface area (Å²) >= 11 is 0. The molecule has 0 atom stereocenters. The fourth-order valence-electron chi connectivity index (χ4n) is 3.11. The summed E-state index contributed by atoms with van der Waals surface area (Å²) in [6.45, 7) is 0. The van der Waals surface area contributed by atoms with Crippen LogP contribution >= 0.6 is 0 Å². The molecule has 1 aromatic carbocycles. The van der Waals surface area contributed by atoms with Gasteiger partial charge in [0.15, 0.2) is 5.78 Å². The second-order valence-corrected chi connectivity index (χ2v) is 5.76. The molecule has 0 fully saturated rings. The summed E-state index contributed by atoms with van der Waals surface area (Å²) < 4.78 is 5.02. The van der Waals surface area contributed by atoms with Crippen molar-refractivity contribution in [2.45, 2.75) is 0 Å². The number of fused-ring (bicyclic) bond motifs is 2. The highest BCUT2D eigenvalue weighted by Gasteiger charge is 2.35. The first kappa shape index (κ1) is 16.5. The van der Waals surface area contributed by atoms with Gasteiger partial charge in [0.25, 0.3) is 5.69 Å². The molecule has 3 aromatic rings. The average Bonchev–Trinajstić information content (AvgIpc) is 2.71. The Bertz CT molecular complexity index is 1140. The number of nitro groups is 1. The van der Waals surface area contributed by atoms with Gasteiger partial charge in [0.05, 0.1) is 28.7 Å². The highest BCUT2D eigenvalue weighted by molar-refractivity contribution is 6.29. The molecule has 0 aliphatic heterocycles. The van der Waals surface area contributed by atoms with Crippen LogP contribution in [0.15, 0.2) is 48.7 Å². The van der Waals surface area contributed by atoms with Crippen molar-refractivity contribution in [3.63, 3.8) is 0 Å². The maximum atomic E-state index is 13.1. The van der Waals surface area contributed by atoms with Crippen LogP contribution in [0, 0.1) is 10.1 Å². The van der Waals surface area contributed by atoms with Crippen LogP contribution in [-0.2, 0) is 0 Å². The highest BCUT2D eigenvalue weighted by Crippen LogP contribution is 2.37. The van der Waals surface area contributed by atoms with Gasteiger partial charge in [-0.2, -0.15) is 0 Å². The number of hydrogen-bond donors (Lipinski definition) is 0. The van der Waals surface area contributed by atoms with Crippen molar-refractivity contribution in [1.29, 1.82) is 0 Å². The summed E-state index contributed by atoms with van der Waals surface area (Å²) in [5.41, 5.74) is 0.393. The number of aromatic nitrogens is 2. The molecule has 0 N–H and O–H groups in total. The van der Waals surface area contributed by atoms with E-state index in [0.717, 1.165) is 0 Å². The number of ether oxygens (including phenoxy) is 1. The zero-order chi connectivity index (χ0) is 19.1. The molecule has 0 spiro atoms. The smallest absolute Gasteiger partial charge is 0.277 e. The van der Waals surface area contributed by atoms with Gasteiger partial charge in [0.1, 0.15) is 11.4 Å². The minimum absolute atomic E-state index is 0.0382. The van der Waals surface area contributed by atoms with Crippen molar-refractivity contribution in [3.05, 3.63) is 81.3 Å². The topological polar surface area (TPSA) is 112 Å². The molecule has 0 radical (unpaired) electrons. The first-order chi connectivity index (χ1) is 13.0. The van der Waals surface area contributed by atoms with Crippen LogP contribution in [0.1, 0.15) is 32.1 Å². The van der Waals surface area contributed by atoms with Gasteiger partial charge in [-0.1, -0.05) is 12.1 Å². The van der Waals surface area contributed by atoms with E-state index < -0.39 is 16.5 Å². The third-order valence-corrected chi connectivity index (χ3v) is 4.32. The third-order valence-electron chi connectivity index (χ3n) is 4.32. The van der Waals surface area contributed by atoms with Gasteiger partial charge < -0.3 is 4.74 Å². The first-order valence-electron chi connectivity index (χ1n) is 7.90. The molecule has 8 heteroatoms. The fraction of sp³-hybridized carbons (Fsp3) is 0.0526. The summed E-state index contributed by atoms with van der Waals surface area (Å²) in [5, 5.41) is 11.4. The predicted molar refractivity (Wildman–Crippen MR) is 94.0 cm³/mol. The maximum absolute atomic E-state index is 13.1.